The molecule has 0 aliphatic heterocycles. The fourth-order valence-corrected chi connectivity index (χ4v) is 0.985. The van der Waals surface area contributed by atoms with Gasteiger partial charge in [-0.1, -0.05) is 13.8 Å². The topological polar surface area (TPSA) is 43.4 Å². The Balaban J connectivity index is 5.70. The quantitative estimate of drug-likeness (QED) is 0.244. The van der Waals surface area contributed by atoms with Crippen LogP contribution in [-0.4, -0.2) is 36.4 Å². The van der Waals surface area contributed by atoms with Crippen LogP contribution in [0.1, 0.15) is 13.8 Å². The highest BCUT2D eigenvalue weighted by Crippen LogP contribution is 2.39. The molecule has 128 valence electrons. The van der Waals surface area contributed by atoms with Gasteiger partial charge in [0.2, 0.25) is 5.78 Å². The van der Waals surface area contributed by atoms with Crippen molar-refractivity contribution in [1.29, 1.82) is 0 Å². The minimum atomic E-state index is -6.45. The molecule has 0 spiro atoms. The van der Waals surface area contributed by atoms with E-state index in [4.69, 9.17) is 0 Å². The minimum absolute atomic E-state index is 0.322. The van der Waals surface area contributed by atoms with E-state index in [9.17, 15) is 44.7 Å². The third-order valence-electron chi connectivity index (χ3n) is 2.02. The highest BCUT2D eigenvalue weighted by molar-refractivity contribution is 6.24. The Morgan fingerprint density at radius 3 is 1.73 bits per heavy atom. The Kier molecular flexibility index (Phi) is 6.11. The summed E-state index contributed by atoms with van der Waals surface area (Å²) < 4.78 is 103. The molecular weight excluding hydrogens is 332 g/mol. The fourth-order valence-electron chi connectivity index (χ4n) is 0.985. The lowest BCUT2D eigenvalue weighted by Crippen LogP contribution is -2.47. The summed E-state index contributed by atoms with van der Waals surface area (Å²) in [6.07, 6.45) is -12.6. The summed E-state index contributed by atoms with van der Waals surface area (Å²) in [4.78, 5) is 21.9. The number of alkyl halides is 8. The summed E-state index contributed by atoms with van der Waals surface area (Å²) in [5.74, 6) is -13.0. The lowest BCUT2D eigenvalue weighted by Gasteiger charge is -2.19. The van der Waals surface area contributed by atoms with Crippen molar-refractivity contribution in [3.63, 3.8) is 0 Å². The maximum absolute atomic E-state index is 12.8. The van der Waals surface area contributed by atoms with Gasteiger partial charge >= 0.3 is 18.3 Å². The number of carbonyl (C=O) groups is 2. The maximum Gasteiger partial charge on any atom is 0.461 e. The zero-order valence-corrected chi connectivity index (χ0v) is 11.1. The largest absolute Gasteiger partial charge is 0.500 e. The molecule has 0 aromatic heterocycles. The standard InChI is InChI=1S/C11H10F8O3/c1-5(2)3-22-4-6(8(21)10(14,15)16)7(20)9(12,13)11(17,18)19/h4-5H,3H2,1-2H3. The number of ketones is 2. The zero-order chi connectivity index (χ0) is 17.9. The molecule has 0 fully saturated rings. The maximum atomic E-state index is 12.8. The molecule has 0 N–H and O–H groups in total. The van der Waals surface area contributed by atoms with Gasteiger partial charge in [0.15, 0.2) is 0 Å². The smallest absolute Gasteiger partial charge is 0.461 e. The molecule has 22 heavy (non-hydrogen) atoms. The molecule has 0 amide bonds. The molecule has 0 saturated heterocycles. The molecule has 3 nitrogen and oxygen atoms in total. The first-order valence-electron chi connectivity index (χ1n) is 5.55. The number of carbonyl (C=O) groups excluding carboxylic acids is 2. The fraction of sp³-hybridized carbons (Fsp3) is 0.636. The summed E-state index contributed by atoms with van der Waals surface area (Å²) in [5.41, 5.74) is -2.42. The number of ether oxygens (including phenoxy) is 1. The second kappa shape index (κ2) is 6.61. The van der Waals surface area contributed by atoms with Crippen molar-refractivity contribution in [2.45, 2.75) is 32.1 Å². The van der Waals surface area contributed by atoms with Crippen LogP contribution >= 0.6 is 0 Å². The third-order valence-corrected chi connectivity index (χ3v) is 2.02. The number of hydrogen-bond acceptors (Lipinski definition) is 3. The van der Waals surface area contributed by atoms with Gasteiger partial charge in [-0.2, -0.15) is 35.1 Å². The van der Waals surface area contributed by atoms with Gasteiger partial charge in [0.1, 0.15) is 5.57 Å². The molecule has 0 aliphatic rings. The molecule has 0 radical (unpaired) electrons. The van der Waals surface area contributed by atoms with Crippen LogP contribution in [-0.2, 0) is 14.3 Å². The molecule has 0 aliphatic carbocycles. The van der Waals surface area contributed by atoms with Crippen molar-refractivity contribution < 1.29 is 49.4 Å². The van der Waals surface area contributed by atoms with Crippen LogP contribution in [0.4, 0.5) is 35.1 Å². The molecule has 0 unspecified atom stereocenters. The van der Waals surface area contributed by atoms with Crippen LogP contribution in [0.2, 0.25) is 0 Å². The number of rotatable bonds is 6. The average Bonchev–Trinajstić information content (AvgIpc) is 2.30. The SMILES string of the molecule is CC(C)COC=C(C(=O)C(F)(F)F)C(=O)C(F)(F)C(F)(F)F. The number of halogens is 8. The Morgan fingerprint density at radius 1 is 0.955 bits per heavy atom. The second-order valence-electron chi connectivity index (χ2n) is 4.49. The second-order valence-corrected chi connectivity index (χ2v) is 4.49. The zero-order valence-electron chi connectivity index (χ0n) is 11.1. The predicted octanol–water partition coefficient (Wildman–Crippen LogP) is 3.44. The summed E-state index contributed by atoms with van der Waals surface area (Å²) in [6, 6.07) is 0. The van der Waals surface area contributed by atoms with Crippen molar-refractivity contribution in [3.8, 4) is 0 Å². The summed E-state index contributed by atoms with van der Waals surface area (Å²) in [7, 11) is 0. The monoisotopic (exact) mass is 342 g/mol. The highest BCUT2D eigenvalue weighted by atomic mass is 19.4. The van der Waals surface area contributed by atoms with Crippen LogP contribution in [0.3, 0.4) is 0 Å². The van der Waals surface area contributed by atoms with Gasteiger partial charge in [0.25, 0.3) is 5.78 Å². The summed E-state index contributed by atoms with van der Waals surface area (Å²) in [6.45, 7) is 2.55. The lowest BCUT2D eigenvalue weighted by atomic mass is 10.0. The molecule has 0 aromatic rings. The van der Waals surface area contributed by atoms with E-state index in [0.717, 1.165) is 0 Å². The van der Waals surface area contributed by atoms with E-state index in [1.807, 2.05) is 0 Å². The molecule has 0 aromatic carbocycles. The van der Waals surface area contributed by atoms with Crippen LogP contribution in [0, 0.1) is 5.92 Å². The first-order valence-corrected chi connectivity index (χ1v) is 5.55. The Hall–Kier alpha value is -1.68. The summed E-state index contributed by atoms with van der Waals surface area (Å²) in [5, 5.41) is 0. The lowest BCUT2D eigenvalue weighted by molar-refractivity contribution is -0.267. The van der Waals surface area contributed by atoms with Gasteiger partial charge in [-0.3, -0.25) is 9.59 Å². The molecule has 0 rings (SSSR count). The van der Waals surface area contributed by atoms with E-state index in [-0.39, 0.29) is 12.2 Å². The first kappa shape index (κ1) is 20.3. The van der Waals surface area contributed by atoms with E-state index < -0.39 is 42.0 Å². The van der Waals surface area contributed by atoms with Gasteiger partial charge < -0.3 is 4.74 Å². The van der Waals surface area contributed by atoms with Crippen LogP contribution in [0.15, 0.2) is 11.8 Å². The molecule has 0 bridgehead atoms. The van der Waals surface area contributed by atoms with Crippen LogP contribution in [0.5, 0.6) is 0 Å². The Morgan fingerprint density at radius 2 is 1.41 bits per heavy atom. The van der Waals surface area contributed by atoms with Gasteiger partial charge in [-0.15, -0.1) is 0 Å². The third kappa shape index (κ3) is 4.95. The van der Waals surface area contributed by atoms with E-state index in [0.29, 0.717) is 0 Å². The van der Waals surface area contributed by atoms with Crippen molar-refractivity contribution >= 4 is 11.6 Å². The Bertz CT molecular complexity index is 459. The summed E-state index contributed by atoms with van der Waals surface area (Å²) >= 11 is 0. The highest BCUT2D eigenvalue weighted by Gasteiger charge is 2.65. The molecule has 11 heteroatoms. The van der Waals surface area contributed by atoms with Gasteiger partial charge in [0.05, 0.1) is 12.9 Å². The van der Waals surface area contributed by atoms with E-state index in [1.165, 1.54) is 13.8 Å². The van der Waals surface area contributed by atoms with E-state index in [2.05, 4.69) is 4.74 Å². The minimum Gasteiger partial charge on any atom is -0.500 e. The predicted molar refractivity (Wildman–Crippen MR) is 55.9 cm³/mol. The van der Waals surface area contributed by atoms with E-state index >= 15 is 0 Å². The van der Waals surface area contributed by atoms with Crippen molar-refractivity contribution in [2.75, 3.05) is 6.61 Å². The van der Waals surface area contributed by atoms with Crippen molar-refractivity contribution in [3.05, 3.63) is 11.8 Å². The van der Waals surface area contributed by atoms with Crippen LogP contribution in [0.25, 0.3) is 0 Å². The molecular formula is C11H10F8O3. The first-order chi connectivity index (χ1) is 9.62. The van der Waals surface area contributed by atoms with Crippen molar-refractivity contribution in [2.24, 2.45) is 5.92 Å². The molecule has 0 atom stereocenters. The Labute approximate surface area is 118 Å². The average molecular weight is 342 g/mol. The van der Waals surface area contributed by atoms with Gasteiger partial charge in [-0.25, -0.2) is 0 Å². The normalized spacial score (nSPS) is 14.2. The number of Topliss-reactive ketones (excluding diaryl/α,β-unsaturated/α-hetero) is 2. The van der Waals surface area contributed by atoms with Gasteiger partial charge in [-0.05, 0) is 5.92 Å². The van der Waals surface area contributed by atoms with Gasteiger partial charge in [0, 0.05) is 0 Å². The molecule has 0 heterocycles. The van der Waals surface area contributed by atoms with Crippen molar-refractivity contribution in [1.82, 2.24) is 0 Å². The van der Waals surface area contributed by atoms with E-state index in [1.54, 1.807) is 0 Å². The van der Waals surface area contributed by atoms with Crippen LogP contribution < -0.4 is 0 Å². The number of allylic oxidation sites excluding steroid dienone is 1. The molecule has 0 saturated carbocycles. The number of hydrogen-bond donors (Lipinski definition) is 0.